The molecule has 0 radical (unpaired) electrons. The number of rotatable bonds is 4. The molecule has 1 aliphatic heterocycles. The van der Waals surface area contributed by atoms with Crippen LogP contribution in [-0.4, -0.2) is 42.5 Å². The first kappa shape index (κ1) is 15.1. The highest BCUT2D eigenvalue weighted by atomic mass is 16.1. The quantitative estimate of drug-likeness (QED) is 0.910. The number of benzene rings is 1. The molecule has 0 spiro atoms. The number of amides is 1. The molecule has 0 bridgehead atoms. The zero-order valence-corrected chi connectivity index (χ0v) is 13.6. The van der Waals surface area contributed by atoms with Crippen molar-refractivity contribution in [1.82, 2.24) is 15.2 Å². The number of likely N-dealkylation sites (tertiary alicyclic amines) is 1. The third-order valence-corrected chi connectivity index (χ3v) is 4.83. The smallest absolute Gasteiger partial charge is 0.224 e. The van der Waals surface area contributed by atoms with Gasteiger partial charge in [-0.15, -0.1) is 0 Å². The van der Waals surface area contributed by atoms with Gasteiger partial charge in [-0.3, -0.25) is 4.79 Å². The van der Waals surface area contributed by atoms with Gasteiger partial charge in [0.2, 0.25) is 5.91 Å². The Labute approximate surface area is 131 Å². The second kappa shape index (κ2) is 6.13. The van der Waals surface area contributed by atoms with Crippen molar-refractivity contribution in [2.24, 2.45) is 11.8 Å². The molecule has 2 atom stereocenters. The minimum atomic E-state index is 0.133. The summed E-state index contributed by atoms with van der Waals surface area (Å²) in [4.78, 5) is 18.0. The molecule has 0 aliphatic carbocycles. The number of hydrogen-bond donors (Lipinski definition) is 2. The van der Waals surface area contributed by atoms with Gasteiger partial charge in [0.1, 0.15) is 0 Å². The number of para-hydroxylation sites is 1. The van der Waals surface area contributed by atoms with E-state index in [1.807, 2.05) is 6.07 Å². The van der Waals surface area contributed by atoms with Gasteiger partial charge >= 0.3 is 0 Å². The van der Waals surface area contributed by atoms with E-state index in [1.165, 1.54) is 22.2 Å². The van der Waals surface area contributed by atoms with E-state index in [2.05, 4.69) is 54.3 Å². The Morgan fingerprint density at radius 2 is 2.14 bits per heavy atom. The molecule has 1 aromatic carbocycles. The molecule has 1 fully saturated rings. The van der Waals surface area contributed by atoms with Gasteiger partial charge in [0, 0.05) is 36.2 Å². The SMILES string of the molecule is Cc1[nH]c2ccccc2c1CCNC(=O)C1CN(C)CC1C. The van der Waals surface area contributed by atoms with Gasteiger partial charge in [0.05, 0.1) is 5.92 Å². The average molecular weight is 299 g/mol. The van der Waals surface area contributed by atoms with Crippen LogP contribution in [0.1, 0.15) is 18.2 Å². The third-order valence-electron chi connectivity index (χ3n) is 4.83. The minimum absolute atomic E-state index is 0.133. The summed E-state index contributed by atoms with van der Waals surface area (Å²) in [6.45, 7) is 6.86. The lowest BCUT2D eigenvalue weighted by Gasteiger charge is -2.14. The Kier molecular flexibility index (Phi) is 4.21. The molecular weight excluding hydrogens is 274 g/mol. The average Bonchev–Trinajstić information content (AvgIpc) is 2.98. The van der Waals surface area contributed by atoms with E-state index in [4.69, 9.17) is 0 Å². The van der Waals surface area contributed by atoms with Gasteiger partial charge in [-0.1, -0.05) is 25.1 Å². The molecule has 3 rings (SSSR count). The maximum absolute atomic E-state index is 12.3. The monoisotopic (exact) mass is 299 g/mol. The van der Waals surface area contributed by atoms with Gasteiger partial charge in [-0.05, 0) is 37.9 Å². The van der Waals surface area contributed by atoms with E-state index < -0.39 is 0 Å². The molecule has 2 unspecified atom stereocenters. The number of hydrogen-bond acceptors (Lipinski definition) is 2. The molecule has 1 saturated heterocycles. The highest BCUT2D eigenvalue weighted by Gasteiger charge is 2.32. The van der Waals surface area contributed by atoms with Crippen LogP contribution in [0.15, 0.2) is 24.3 Å². The molecule has 2 heterocycles. The van der Waals surface area contributed by atoms with Crippen molar-refractivity contribution in [1.29, 1.82) is 0 Å². The summed E-state index contributed by atoms with van der Waals surface area (Å²) in [5, 5.41) is 4.39. The van der Waals surface area contributed by atoms with Crippen LogP contribution in [0.4, 0.5) is 0 Å². The summed E-state index contributed by atoms with van der Waals surface area (Å²) >= 11 is 0. The predicted octanol–water partition coefficient (Wildman–Crippen LogP) is 2.33. The summed E-state index contributed by atoms with van der Waals surface area (Å²) in [6.07, 6.45) is 0.874. The maximum Gasteiger partial charge on any atom is 0.224 e. The lowest BCUT2D eigenvalue weighted by Crippen LogP contribution is -2.35. The standard InChI is InChI=1S/C18H25N3O/c1-12-10-21(3)11-16(12)18(22)19-9-8-14-13(2)20-17-7-5-4-6-15(14)17/h4-7,12,16,20H,8-11H2,1-3H3,(H,19,22). The van der Waals surface area contributed by atoms with Gasteiger partial charge < -0.3 is 15.2 Å². The molecule has 2 N–H and O–H groups in total. The zero-order chi connectivity index (χ0) is 15.7. The van der Waals surface area contributed by atoms with Gasteiger partial charge in [-0.2, -0.15) is 0 Å². The molecule has 22 heavy (non-hydrogen) atoms. The van der Waals surface area contributed by atoms with Gasteiger partial charge in [0.15, 0.2) is 0 Å². The number of H-pyrrole nitrogens is 1. The summed E-state index contributed by atoms with van der Waals surface area (Å²) < 4.78 is 0. The lowest BCUT2D eigenvalue weighted by molar-refractivity contribution is -0.125. The van der Waals surface area contributed by atoms with Crippen molar-refractivity contribution in [3.63, 3.8) is 0 Å². The van der Waals surface area contributed by atoms with Crippen LogP contribution in [0.25, 0.3) is 10.9 Å². The van der Waals surface area contributed by atoms with Gasteiger partial charge in [-0.25, -0.2) is 0 Å². The van der Waals surface area contributed by atoms with Crippen LogP contribution in [0, 0.1) is 18.8 Å². The van der Waals surface area contributed by atoms with Crippen molar-refractivity contribution in [3.8, 4) is 0 Å². The number of carbonyl (C=O) groups excluding carboxylic acids is 1. The van der Waals surface area contributed by atoms with Crippen molar-refractivity contribution in [2.45, 2.75) is 20.3 Å². The van der Waals surface area contributed by atoms with Crippen LogP contribution in [-0.2, 0) is 11.2 Å². The topological polar surface area (TPSA) is 48.1 Å². The molecule has 1 amide bonds. The summed E-state index contributed by atoms with van der Waals surface area (Å²) in [5.74, 6) is 0.781. The van der Waals surface area contributed by atoms with E-state index in [1.54, 1.807) is 0 Å². The fourth-order valence-corrected chi connectivity index (χ4v) is 3.65. The number of nitrogens with one attached hydrogen (secondary N) is 2. The van der Waals surface area contributed by atoms with Crippen LogP contribution < -0.4 is 5.32 Å². The molecule has 0 saturated carbocycles. The molecule has 1 aromatic heterocycles. The maximum atomic E-state index is 12.3. The van der Waals surface area contributed by atoms with Crippen molar-refractivity contribution in [3.05, 3.63) is 35.5 Å². The Hall–Kier alpha value is -1.81. The second-order valence-electron chi connectivity index (χ2n) is 6.62. The molecule has 1 aliphatic rings. The summed E-state index contributed by atoms with van der Waals surface area (Å²) in [5.41, 5.74) is 3.68. The molecule has 4 heteroatoms. The van der Waals surface area contributed by atoms with Crippen molar-refractivity contribution in [2.75, 3.05) is 26.7 Å². The molecule has 118 valence electrons. The number of aryl methyl sites for hydroxylation is 1. The Morgan fingerprint density at radius 3 is 2.86 bits per heavy atom. The molecule has 4 nitrogen and oxygen atoms in total. The fourth-order valence-electron chi connectivity index (χ4n) is 3.65. The zero-order valence-electron chi connectivity index (χ0n) is 13.6. The van der Waals surface area contributed by atoms with E-state index in [-0.39, 0.29) is 11.8 Å². The molecular formula is C18H25N3O. The van der Waals surface area contributed by atoms with Gasteiger partial charge in [0.25, 0.3) is 0 Å². The van der Waals surface area contributed by atoms with Crippen LogP contribution in [0.2, 0.25) is 0 Å². The third kappa shape index (κ3) is 2.88. The largest absolute Gasteiger partial charge is 0.358 e. The lowest BCUT2D eigenvalue weighted by atomic mass is 9.97. The first-order valence-electron chi connectivity index (χ1n) is 8.08. The highest BCUT2D eigenvalue weighted by molar-refractivity contribution is 5.84. The summed E-state index contributed by atoms with van der Waals surface area (Å²) in [6, 6.07) is 8.35. The predicted molar refractivity (Wildman–Crippen MR) is 89.9 cm³/mol. The van der Waals surface area contributed by atoms with Crippen molar-refractivity contribution >= 4 is 16.8 Å². The Balaban J connectivity index is 1.61. The summed E-state index contributed by atoms with van der Waals surface area (Å²) in [7, 11) is 2.08. The van der Waals surface area contributed by atoms with Crippen molar-refractivity contribution < 1.29 is 4.79 Å². The fraction of sp³-hybridized carbons (Fsp3) is 0.500. The van der Waals surface area contributed by atoms with E-state index in [9.17, 15) is 4.79 Å². The second-order valence-corrected chi connectivity index (χ2v) is 6.62. The van der Waals surface area contributed by atoms with Crippen LogP contribution in [0.3, 0.4) is 0 Å². The number of carbonyl (C=O) groups is 1. The normalized spacial score (nSPS) is 22.3. The number of aromatic amines is 1. The van der Waals surface area contributed by atoms with E-state index in [0.29, 0.717) is 12.5 Å². The first-order valence-corrected chi connectivity index (χ1v) is 8.08. The number of aromatic nitrogens is 1. The number of fused-ring (bicyclic) bond motifs is 1. The van der Waals surface area contributed by atoms with Crippen LogP contribution in [0.5, 0.6) is 0 Å². The first-order chi connectivity index (χ1) is 10.6. The molecule has 2 aromatic rings. The Morgan fingerprint density at radius 1 is 1.36 bits per heavy atom. The Bertz CT molecular complexity index is 676. The van der Waals surface area contributed by atoms with Crippen LogP contribution >= 0.6 is 0 Å². The highest BCUT2D eigenvalue weighted by Crippen LogP contribution is 2.23. The number of nitrogens with zero attached hydrogens (tertiary/aromatic N) is 1. The van der Waals surface area contributed by atoms with E-state index >= 15 is 0 Å². The van der Waals surface area contributed by atoms with E-state index in [0.717, 1.165) is 19.5 Å². The minimum Gasteiger partial charge on any atom is -0.358 e.